The van der Waals surface area contributed by atoms with Gasteiger partial charge in [-0.3, -0.25) is 0 Å². The molecule has 11 aromatic rings. The lowest BCUT2D eigenvalue weighted by atomic mass is 9.89. The SMILES string of the molecule is c1ccc(N(c2ccc3ccc4c(CCc5cccc6c5oc5ccccc56)ccc5ccc2c3c54)c2cccc3c2oc2ccccc23)cc1. The molecule has 0 unspecified atom stereocenters. The van der Waals surface area contributed by atoms with Crippen LogP contribution in [0.4, 0.5) is 17.1 Å². The van der Waals surface area contributed by atoms with E-state index in [9.17, 15) is 0 Å². The molecule has 0 radical (unpaired) electrons. The van der Waals surface area contributed by atoms with Crippen molar-refractivity contribution in [2.75, 3.05) is 4.90 Å². The predicted octanol–water partition coefficient (Wildman–Crippen LogP) is 13.6. The minimum atomic E-state index is 0.884. The molecule has 2 heterocycles. The first kappa shape index (κ1) is 28.3. The smallest absolute Gasteiger partial charge is 0.159 e. The molecule has 0 fully saturated rings. The van der Waals surface area contributed by atoms with Gasteiger partial charge in [-0.1, -0.05) is 127 Å². The average molecular weight is 654 g/mol. The molecule has 0 atom stereocenters. The average Bonchev–Trinajstić information content (AvgIpc) is 3.77. The van der Waals surface area contributed by atoms with Gasteiger partial charge in [0.05, 0.1) is 11.4 Å². The Morgan fingerprint density at radius 2 is 0.922 bits per heavy atom. The van der Waals surface area contributed by atoms with Crippen molar-refractivity contribution in [2.45, 2.75) is 12.8 Å². The summed E-state index contributed by atoms with van der Waals surface area (Å²) in [5.41, 5.74) is 9.55. The standard InChI is InChI=1S/C48H31NO2/c1-2-11-34(12-3-1)49(42-17-9-16-39-37-14-5-7-19-44(37)51-48(39)42)41-29-26-32-24-27-35-30(20-22-31-25-28-40(41)46(32)45(31)35)21-23-33-10-8-15-38-36-13-4-6-18-43(36)50-47(33)38/h1-20,22,24-29H,21,23H2. The molecule has 0 aliphatic heterocycles. The Bertz CT molecular complexity index is 3100. The van der Waals surface area contributed by atoms with Crippen LogP contribution in [0.2, 0.25) is 0 Å². The fourth-order valence-electron chi connectivity index (χ4n) is 8.42. The first-order chi connectivity index (χ1) is 25.3. The van der Waals surface area contributed by atoms with E-state index in [-0.39, 0.29) is 0 Å². The largest absolute Gasteiger partial charge is 0.456 e. The van der Waals surface area contributed by atoms with Crippen LogP contribution in [0.3, 0.4) is 0 Å². The molecule has 0 saturated carbocycles. The Kier molecular flexibility index (Phi) is 6.08. The zero-order valence-electron chi connectivity index (χ0n) is 27.8. The predicted molar refractivity (Wildman–Crippen MR) is 213 cm³/mol. The van der Waals surface area contributed by atoms with Crippen molar-refractivity contribution >= 4 is 93.3 Å². The summed E-state index contributed by atoms with van der Waals surface area (Å²) in [6.07, 6.45) is 1.82. The molecule has 0 amide bonds. The highest BCUT2D eigenvalue weighted by molar-refractivity contribution is 6.26. The summed E-state index contributed by atoms with van der Waals surface area (Å²) in [5, 5.41) is 12.2. The Morgan fingerprint density at radius 3 is 1.71 bits per heavy atom. The van der Waals surface area contributed by atoms with Gasteiger partial charge in [0, 0.05) is 32.6 Å². The van der Waals surface area contributed by atoms with Crippen LogP contribution in [0, 0.1) is 0 Å². The zero-order valence-corrected chi connectivity index (χ0v) is 27.8. The second-order valence-corrected chi connectivity index (χ2v) is 13.5. The van der Waals surface area contributed by atoms with E-state index in [1.807, 2.05) is 12.1 Å². The van der Waals surface area contributed by atoms with Gasteiger partial charge in [0.15, 0.2) is 5.58 Å². The number of anilines is 3. The lowest BCUT2D eigenvalue weighted by Crippen LogP contribution is -2.10. The van der Waals surface area contributed by atoms with E-state index in [4.69, 9.17) is 8.83 Å². The van der Waals surface area contributed by atoms with E-state index >= 15 is 0 Å². The van der Waals surface area contributed by atoms with Crippen LogP contribution < -0.4 is 4.90 Å². The normalized spacial score (nSPS) is 12.1. The van der Waals surface area contributed by atoms with Crippen LogP contribution in [-0.2, 0) is 12.8 Å². The van der Waals surface area contributed by atoms with Gasteiger partial charge < -0.3 is 13.7 Å². The molecule has 9 aromatic carbocycles. The van der Waals surface area contributed by atoms with Crippen LogP contribution in [0.15, 0.2) is 173 Å². The summed E-state index contributed by atoms with van der Waals surface area (Å²) in [6.45, 7) is 0. The maximum atomic E-state index is 6.61. The summed E-state index contributed by atoms with van der Waals surface area (Å²) in [5.74, 6) is 0. The number of fused-ring (bicyclic) bond motifs is 6. The quantitative estimate of drug-likeness (QED) is 0.167. The molecule has 0 spiro atoms. The lowest BCUT2D eigenvalue weighted by Gasteiger charge is -2.27. The van der Waals surface area contributed by atoms with Gasteiger partial charge >= 0.3 is 0 Å². The summed E-state index contributed by atoms with van der Waals surface area (Å²) < 4.78 is 13.0. The number of rotatable bonds is 6. The number of hydrogen-bond acceptors (Lipinski definition) is 3. The minimum absolute atomic E-state index is 0.884. The fourth-order valence-corrected chi connectivity index (χ4v) is 8.42. The number of hydrogen-bond donors (Lipinski definition) is 0. The van der Waals surface area contributed by atoms with Gasteiger partial charge in [-0.2, -0.15) is 0 Å². The molecule has 0 N–H and O–H groups in total. The van der Waals surface area contributed by atoms with Gasteiger partial charge in [-0.15, -0.1) is 0 Å². The highest BCUT2D eigenvalue weighted by atomic mass is 16.3. The van der Waals surface area contributed by atoms with Gasteiger partial charge in [-0.25, -0.2) is 0 Å². The molecular formula is C48H31NO2. The third-order valence-electron chi connectivity index (χ3n) is 10.8. The molecule has 240 valence electrons. The number of aryl methyl sites for hydroxylation is 2. The van der Waals surface area contributed by atoms with Gasteiger partial charge in [0.25, 0.3) is 0 Å². The lowest BCUT2D eigenvalue weighted by molar-refractivity contribution is 0.662. The highest BCUT2D eigenvalue weighted by Gasteiger charge is 2.22. The fraction of sp³-hybridized carbons (Fsp3) is 0.0417. The van der Waals surface area contributed by atoms with E-state index in [1.54, 1.807) is 0 Å². The number of nitrogens with zero attached hydrogens (tertiary/aromatic N) is 1. The van der Waals surface area contributed by atoms with Crippen LogP contribution >= 0.6 is 0 Å². The Hall–Kier alpha value is -6.58. The molecule has 51 heavy (non-hydrogen) atoms. The topological polar surface area (TPSA) is 29.5 Å². The van der Waals surface area contributed by atoms with E-state index in [0.29, 0.717) is 0 Å². The molecule has 0 saturated heterocycles. The van der Waals surface area contributed by atoms with Gasteiger partial charge in [0.1, 0.15) is 16.7 Å². The molecule has 2 aromatic heterocycles. The summed E-state index contributed by atoms with van der Waals surface area (Å²) in [6, 6.07) is 58.7. The van der Waals surface area contributed by atoms with E-state index < -0.39 is 0 Å². The van der Waals surface area contributed by atoms with Crippen molar-refractivity contribution in [1.29, 1.82) is 0 Å². The van der Waals surface area contributed by atoms with E-state index in [0.717, 1.165) is 63.0 Å². The third kappa shape index (κ3) is 4.25. The Morgan fingerprint density at radius 1 is 0.353 bits per heavy atom. The molecule has 0 aliphatic carbocycles. The van der Waals surface area contributed by atoms with Crippen molar-refractivity contribution < 1.29 is 8.83 Å². The van der Waals surface area contributed by atoms with Crippen molar-refractivity contribution in [2.24, 2.45) is 0 Å². The molecule has 3 nitrogen and oxygen atoms in total. The first-order valence-corrected chi connectivity index (χ1v) is 17.6. The number of para-hydroxylation sites is 5. The van der Waals surface area contributed by atoms with Crippen LogP contribution in [0.5, 0.6) is 0 Å². The number of benzene rings is 9. The molecule has 0 bridgehead atoms. The maximum absolute atomic E-state index is 6.61. The maximum Gasteiger partial charge on any atom is 0.159 e. The van der Waals surface area contributed by atoms with E-state index in [1.165, 1.54) is 54.2 Å². The molecule has 11 rings (SSSR count). The number of furan rings is 2. The third-order valence-corrected chi connectivity index (χ3v) is 10.8. The van der Waals surface area contributed by atoms with E-state index in [2.05, 4.69) is 157 Å². The molecule has 3 heteroatoms. The molecule has 0 aliphatic rings. The van der Waals surface area contributed by atoms with Crippen LogP contribution in [-0.4, -0.2) is 0 Å². The summed E-state index contributed by atoms with van der Waals surface area (Å²) in [7, 11) is 0. The summed E-state index contributed by atoms with van der Waals surface area (Å²) >= 11 is 0. The monoisotopic (exact) mass is 653 g/mol. The van der Waals surface area contributed by atoms with Crippen molar-refractivity contribution in [3.05, 3.63) is 175 Å². The van der Waals surface area contributed by atoms with Crippen molar-refractivity contribution in [3.8, 4) is 0 Å². The van der Waals surface area contributed by atoms with Gasteiger partial charge in [0.2, 0.25) is 0 Å². The van der Waals surface area contributed by atoms with Gasteiger partial charge in [-0.05, 0) is 87.3 Å². The summed E-state index contributed by atoms with van der Waals surface area (Å²) in [4.78, 5) is 2.37. The Labute approximate surface area is 293 Å². The van der Waals surface area contributed by atoms with Crippen LogP contribution in [0.1, 0.15) is 11.1 Å². The van der Waals surface area contributed by atoms with Crippen molar-refractivity contribution in [1.82, 2.24) is 0 Å². The first-order valence-electron chi connectivity index (χ1n) is 17.6. The zero-order chi connectivity index (χ0) is 33.5. The molecular weight excluding hydrogens is 623 g/mol. The highest BCUT2D eigenvalue weighted by Crippen LogP contribution is 2.47. The minimum Gasteiger partial charge on any atom is -0.456 e. The Balaban J connectivity index is 1.09. The second-order valence-electron chi connectivity index (χ2n) is 13.5. The van der Waals surface area contributed by atoms with Crippen LogP contribution in [0.25, 0.3) is 76.2 Å². The van der Waals surface area contributed by atoms with Crippen molar-refractivity contribution in [3.63, 3.8) is 0 Å². The second kappa shape index (κ2) is 11.0.